The van der Waals surface area contributed by atoms with E-state index in [1.54, 1.807) is 0 Å². The zero-order chi connectivity index (χ0) is 21.6. The number of anilines is 1. The van der Waals surface area contributed by atoms with Crippen molar-refractivity contribution in [3.05, 3.63) is 89.0 Å². The fourth-order valence-electron chi connectivity index (χ4n) is 4.85. The molecule has 0 spiro atoms. The van der Waals surface area contributed by atoms with Gasteiger partial charge in [0.2, 0.25) is 0 Å². The van der Waals surface area contributed by atoms with Gasteiger partial charge in [-0.25, -0.2) is 0 Å². The molecule has 0 heterocycles. The molecule has 1 saturated carbocycles. The molecule has 1 heteroatoms. The van der Waals surface area contributed by atoms with Gasteiger partial charge in [-0.3, -0.25) is 0 Å². The number of hydrogen-bond acceptors (Lipinski definition) is 1. The first-order chi connectivity index (χ1) is 15.1. The molecule has 0 amide bonds. The highest BCUT2D eigenvalue weighted by Gasteiger charge is 2.21. The molecule has 0 unspecified atom stereocenters. The van der Waals surface area contributed by atoms with Gasteiger partial charge in [-0.05, 0) is 97.0 Å². The minimum absolute atomic E-state index is 0.747. The zero-order valence-electron chi connectivity index (χ0n) is 18.8. The summed E-state index contributed by atoms with van der Waals surface area (Å²) in [5.74, 6) is 8.25. The first-order valence-corrected chi connectivity index (χ1v) is 11.7. The molecule has 2 N–H and O–H groups in total. The highest BCUT2D eigenvalue weighted by molar-refractivity contribution is 5.65. The predicted octanol–water partition coefficient (Wildman–Crippen LogP) is 7.72. The van der Waals surface area contributed by atoms with E-state index in [-0.39, 0.29) is 0 Å². The summed E-state index contributed by atoms with van der Waals surface area (Å²) in [5, 5.41) is 0. The minimum Gasteiger partial charge on any atom is -0.399 e. The van der Waals surface area contributed by atoms with Gasteiger partial charge >= 0.3 is 0 Å². The van der Waals surface area contributed by atoms with Gasteiger partial charge in [-0.15, -0.1) is 0 Å². The summed E-state index contributed by atoms with van der Waals surface area (Å²) in [6.07, 6.45) is 8.24. The van der Waals surface area contributed by atoms with Gasteiger partial charge in [0.1, 0.15) is 0 Å². The van der Waals surface area contributed by atoms with Crippen molar-refractivity contribution in [1.29, 1.82) is 0 Å². The third kappa shape index (κ3) is 5.39. The molecule has 3 aromatic rings. The Hall–Kier alpha value is -2.98. The van der Waals surface area contributed by atoms with E-state index in [4.69, 9.17) is 5.73 Å². The summed E-state index contributed by atoms with van der Waals surface area (Å²) < 4.78 is 0. The topological polar surface area (TPSA) is 26.0 Å². The van der Waals surface area contributed by atoms with E-state index >= 15 is 0 Å². The molecule has 1 nitrogen and oxygen atoms in total. The second kappa shape index (κ2) is 9.88. The number of nitrogens with two attached hydrogens (primary N) is 1. The quantitative estimate of drug-likeness (QED) is 0.348. The molecule has 4 rings (SSSR count). The minimum atomic E-state index is 0.747. The summed E-state index contributed by atoms with van der Waals surface area (Å²) >= 11 is 0. The summed E-state index contributed by atoms with van der Waals surface area (Å²) in [4.78, 5) is 0. The molecule has 1 aliphatic carbocycles. The van der Waals surface area contributed by atoms with Crippen molar-refractivity contribution in [2.45, 2.75) is 58.3 Å². The number of hydrogen-bond donors (Lipinski definition) is 1. The van der Waals surface area contributed by atoms with Crippen molar-refractivity contribution in [2.75, 3.05) is 5.73 Å². The van der Waals surface area contributed by atoms with Crippen molar-refractivity contribution < 1.29 is 0 Å². The number of aryl methyl sites for hydroxylation is 1. The maximum Gasteiger partial charge on any atom is 0.0317 e. The number of benzene rings is 3. The largest absolute Gasteiger partial charge is 0.399 e. The first kappa shape index (κ1) is 21.3. The predicted molar refractivity (Wildman–Crippen MR) is 133 cm³/mol. The number of nitrogen functional groups attached to an aromatic ring is 1. The van der Waals surface area contributed by atoms with E-state index in [1.165, 1.54) is 55.2 Å². The van der Waals surface area contributed by atoms with Crippen molar-refractivity contribution in [1.82, 2.24) is 0 Å². The molecule has 0 bridgehead atoms. The Morgan fingerprint density at radius 2 is 1.45 bits per heavy atom. The van der Waals surface area contributed by atoms with E-state index in [1.807, 2.05) is 25.1 Å². The van der Waals surface area contributed by atoms with Gasteiger partial charge in [0, 0.05) is 16.8 Å². The van der Waals surface area contributed by atoms with Crippen LogP contribution in [0.15, 0.2) is 66.7 Å². The van der Waals surface area contributed by atoms with Crippen LogP contribution in [0.2, 0.25) is 0 Å². The Bertz CT molecular complexity index is 1060. The lowest BCUT2D eigenvalue weighted by molar-refractivity contribution is 0.308. The fraction of sp³-hybridized carbons (Fsp3) is 0.333. The maximum atomic E-state index is 5.83. The van der Waals surface area contributed by atoms with Crippen molar-refractivity contribution >= 4 is 5.69 Å². The van der Waals surface area contributed by atoms with Crippen LogP contribution in [0.4, 0.5) is 5.69 Å². The van der Waals surface area contributed by atoms with E-state index < -0.39 is 0 Å². The SMILES string of the molecule is CCCC1CCC(c2ccc(-c3ccc(C#Cc4ccc(N)cc4C)cc3)cc2)CC1. The van der Waals surface area contributed by atoms with Gasteiger partial charge < -0.3 is 5.73 Å². The van der Waals surface area contributed by atoms with Crippen molar-refractivity contribution in [3.63, 3.8) is 0 Å². The Morgan fingerprint density at radius 3 is 2.06 bits per heavy atom. The van der Waals surface area contributed by atoms with Crippen LogP contribution in [-0.2, 0) is 0 Å². The summed E-state index contributed by atoms with van der Waals surface area (Å²) in [6.45, 7) is 4.36. The van der Waals surface area contributed by atoms with E-state index in [0.29, 0.717) is 0 Å². The molecule has 1 fully saturated rings. The lowest BCUT2D eigenvalue weighted by atomic mass is 9.77. The van der Waals surface area contributed by atoms with E-state index in [0.717, 1.165) is 34.2 Å². The zero-order valence-corrected chi connectivity index (χ0v) is 18.8. The van der Waals surface area contributed by atoms with Gasteiger partial charge in [0.05, 0.1) is 0 Å². The molecule has 0 atom stereocenters. The highest BCUT2D eigenvalue weighted by Crippen LogP contribution is 2.38. The lowest BCUT2D eigenvalue weighted by Crippen LogP contribution is -2.13. The molecule has 3 aromatic carbocycles. The third-order valence-electron chi connectivity index (χ3n) is 6.74. The highest BCUT2D eigenvalue weighted by atomic mass is 14.5. The lowest BCUT2D eigenvalue weighted by Gasteiger charge is -2.28. The Morgan fingerprint density at radius 1 is 0.806 bits per heavy atom. The Labute approximate surface area is 187 Å². The molecule has 0 aliphatic heterocycles. The smallest absolute Gasteiger partial charge is 0.0317 e. The molecule has 31 heavy (non-hydrogen) atoms. The summed E-state index contributed by atoms with van der Waals surface area (Å²) in [5.41, 5.74) is 13.8. The Balaban J connectivity index is 1.41. The van der Waals surface area contributed by atoms with Crippen molar-refractivity contribution in [2.24, 2.45) is 5.92 Å². The average molecular weight is 408 g/mol. The normalized spacial score (nSPS) is 18.3. The number of rotatable bonds is 4. The summed E-state index contributed by atoms with van der Waals surface area (Å²) in [7, 11) is 0. The van der Waals surface area contributed by atoms with Crippen LogP contribution in [0.25, 0.3) is 11.1 Å². The van der Waals surface area contributed by atoms with Crippen molar-refractivity contribution in [3.8, 4) is 23.0 Å². The third-order valence-corrected chi connectivity index (χ3v) is 6.74. The van der Waals surface area contributed by atoms with Crippen LogP contribution in [0.1, 0.15) is 73.6 Å². The summed E-state index contributed by atoms with van der Waals surface area (Å²) in [6, 6.07) is 23.7. The molecule has 0 radical (unpaired) electrons. The average Bonchev–Trinajstić information content (AvgIpc) is 2.80. The standard InChI is InChI=1S/C30H33N/c1-3-4-23-6-11-26(12-7-23)28-15-17-29(18-16-28)27-13-8-24(9-14-27)5-10-25-19-20-30(31)21-22(25)2/h8-9,13-21,23,26H,3-4,6-7,11-12,31H2,1-2H3. The van der Waals surface area contributed by atoms with Gasteiger partial charge in [-0.2, -0.15) is 0 Å². The second-order valence-electron chi connectivity index (χ2n) is 9.03. The van der Waals surface area contributed by atoms with E-state index in [9.17, 15) is 0 Å². The van der Waals surface area contributed by atoms with E-state index in [2.05, 4.69) is 67.3 Å². The fourth-order valence-corrected chi connectivity index (χ4v) is 4.85. The molecular weight excluding hydrogens is 374 g/mol. The van der Waals surface area contributed by atoms with Crippen LogP contribution in [-0.4, -0.2) is 0 Å². The van der Waals surface area contributed by atoms with Crippen LogP contribution < -0.4 is 5.73 Å². The van der Waals surface area contributed by atoms with Gasteiger partial charge in [-0.1, -0.05) is 68.0 Å². The maximum absolute atomic E-state index is 5.83. The molecule has 0 aromatic heterocycles. The van der Waals surface area contributed by atoms with Crippen LogP contribution >= 0.6 is 0 Å². The van der Waals surface area contributed by atoms with Crippen LogP contribution in [0.5, 0.6) is 0 Å². The van der Waals surface area contributed by atoms with Crippen LogP contribution in [0.3, 0.4) is 0 Å². The van der Waals surface area contributed by atoms with Crippen LogP contribution in [0, 0.1) is 24.7 Å². The molecule has 1 aliphatic rings. The second-order valence-corrected chi connectivity index (χ2v) is 9.03. The molecule has 0 saturated heterocycles. The molecular formula is C30H33N. The van der Waals surface area contributed by atoms with Gasteiger partial charge in [0.15, 0.2) is 0 Å². The van der Waals surface area contributed by atoms with Gasteiger partial charge in [0.25, 0.3) is 0 Å². The Kier molecular flexibility index (Phi) is 6.78. The molecule has 158 valence electrons. The monoisotopic (exact) mass is 407 g/mol. The first-order valence-electron chi connectivity index (χ1n) is 11.7.